The molecule has 126 valence electrons. The number of ether oxygens (including phenoxy) is 1. The van der Waals surface area contributed by atoms with Crippen molar-refractivity contribution in [2.75, 3.05) is 19.6 Å². The number of likely N-dealkylation sites (tertiary alicyclic amines) is 1. The Kier molecular flexibility index (Phi) is 3.84. The predicted molar refractivity (Wildman–Crippen MR) is 86.8 cm³/mol. The molecule has 24 heavy (non-hydrogen) atoms. The number of fused-ring (bicyclic) bond motifs is 1. The molecule has 2 unspecified atom stereocenters. The molecule has 8 heteroatoms. The molecule has 0 bridgehead atoms. The Hall–Kier alpha value is -1.87. The number of pyridine rings is 2. The first-order valence-corrected chi connectivity index (χ1v) is 9.31. The summed E-state index contributed by atoms with van der Waals surface area (Å²) in [4.78, 5) is 10.8. The van der Waals surface area contributed by atoms with Crippen molar-refractivity contribution in [2.24, 2.45) is 0 Å². The second kappa shape index (κ2) is 5.89. The van der Waals surface area contributed by atoms with Crippen LogP contribution in [-0.2, 0) is 21.2 Å². The molecule has 1 saturated heterocycles. The molecule has 1 N–H and O–H groups in total. The van der Waals surface area contributed by atoms with Gasteiger partial charge in [-0.2, -0.15) is 0 Å². The first kappa shape index (κ1) is 15.6. The van der Waals surface area contributed by atoms with Crippen molar-refractivity contribution in [1.29, 1.82) is 0 Å². The lowest BCUT2D eigenvalue weighted by Crippen LogP contribution is -2.48. The van der Waals surface area contributed by atoms with Gasteiger partial charge in [0.2, 0.25) is 4.90 Å². The van der Waals surface area contributed by atoms with E-state index in [1.165, 1.54) is 6.07 Å². The van der Waals surface area contributed by atoms with Crippen LogP contribution in [0.5, 0.6) is 5.88 Å². The number of nitrogens with one attached hydrogen (secondary N) is 1. The summed E-state index contributed by atoms with van der Waals surface area (Å²) in [7, 11) is -3.59. The van der Waals surface area contributed by atoms with Crippen LogP contribution in [-0.4, -0.2) is 44.7 Å². The summed E-state index contributed by atoms with van der Waals surface area (Å²) in [6.45, 7) is 2.40. The van der Waals surface area contributed by atoms with E-state index in [1.54, 1.807) is 18.5 Å². The molecular formula is C16H18N4O3S. The molecule has 0 radical (unpaired) electrons. The lowest BCUT2D eigenvalue weighted by molar-refractivity contribution is 0.0745. The minimum absolute atomic E-state index is 0.102. The van der Waals surface area contributed by atoms with Gasteiger partial charge in [-0.15, -0.1) is 4.72 Å². The van der Waals surface area contributed by atoms with E-state index in [2.05, 4.69) is 19.6 Å². The summed E-state index contributed by atoms with van der Waals surface area (Å²) in [5.74, 6) is 0.183. The standard InChI is InChI=1S/C16H18N4O3S/c21-24(22)14-5-3-8-18-15(14)23-16(11-19-24)6-9-20(12-16)10-13-4-1-2-7-17-13/h1-5,7-8H,6,9-12H2,(H-,19,21,22). The van der Waals surface area contributed by atoms with Gasteiger partial charge in [0.25, 0.3) is 5.88 Å². The predicted octanol–water partition coefficient (Wildman–Crippen LogP) is 1.01. The molecule has 0 saturated carbocycles. The Morgan fingerprint density at radius 2 is 2.17 bits per heavy atom. The van der Waals surface area contributed by atoms with Gasteiger partial charge in [0.1, 0.15) is 5.60 Å². The summed E-state index contributed by atoms with van der Waals surface area (Å²) in [6.07, 6.45) is 4.06. The summed E-state index contributed by atoms with van der Waals surface area (Å²) in [6, 6.07) is 8.95. The van der Waals surface area contributed by atoms with Crippen molar-refractivity contribution >= 4 is 10.4 Å². The Balaban J connectivity index is 1.56. The molecule has 2 aliphatic heterocycles. The van der Waals surface area contributed by atoms with E-state index in [0.29, 0.717) is 13.1 Å². The van der Waals surface area contributed by atoms with Crippen molar-refractivity contribution in [2.45, 2.75) is 23.5 Å². The average Bonchev–Trinajstić information content (AvgIpc) is 2.92. The zero-order chi connectivity index (χ0) is 16.6. The molecule has 1 spiro atoms. The Morgan fingerprint density at radius 3 is 3.00 bits per heavy atom. The maximum absolute atomic E-state index is 12.4. The van der Waals surface area contributed by atoms with E-state index in [-0.39, 0.29) is 17.3 Å². The number of nitrogens with zero attached hydrogens (tertiary/aromatic N) is 3. The maximum atomic E-state index is 12.4. The minimum atomic E-state index is -3.59. The van der Waals surface area contributed by atoms with Gasteiger partial charge >= 0.3 is 0 Å². The van der Waals surface area contributed by atoms with Gasteiger partial charge in [-0.1, -0.05) is 10.3 Å². The van der Waals surface area contributed by atoms with Crippen molar-refractivity contribution in [3.63, 3.8) is 0 Å². The van der Waals surface area contributed by atoms with Crippen LogP contribution in [0.25, 0.3) is 0 Å². The van der Waals surface area contributed by atoms with E-state index in [4.69, 9.17) is 4.74 Å². The fourth-order valence-corrected chi connectivity index (χ4v) is 4.40. The Bertz CT molecular complexity index is 788. The molecule has 2 aromatic heterocycles. The second-order valence-electron chi connectivity index (χ2n) is 6.20. The monoisotopic (exact) mass is 346 g/mol. The Labute approximate surface area is 141 Å². The van der Waals surface area contributed by atoms with Gasteiger partial charge in [-0.3, -0.25) is 9.88 Å². The summed E-state index contributed by atoms with van der Waals surface area (Å²) >= 11 is 0. The van der Waals surface area contributed by atoms with E-state index in [9.17, 15) is 8.76 Å². The van der Waals surface area contributed by atoms with Crippen molar-refractivity contribution in [3.05, 3.63) is 48.4 Å². The topological polar surface area (TPSA) is 90.4 Å². The average molecular weight is 346 g/mol. The molecule has 2 aromatic rings. The van der Waals surface area contributed by atoms with Gasteiger partial charge in [0, 0.05) is 44.5 Å². The summed E-state index contributed by atoms with van der Waals surface area (Å²) in [5.41, 5.74) is 0.392. The molecule has 0 amide bonds. The molecule has 0 aliphatic carbocycles. The minimum Gasteiger partial charge on any atom is -0.593 e. The van der Waals surface area contributed by atoms with Crippen molar-refractivity contribution in [1.82, 2.24) is 19.6 Å². The number of sulfonamides is 1. The largest absolute Gasteiger partial charge is 0.593 e. The lowest BCUT2D eigenvalue weighted by atomic mass is 10.0. The maximum Gasteiger partial charge on any atom is 0.272 e. The molecule has 7 nitrogen and oxygen atoms in total. The number of rotatable bonds is 2. The fourth-order valence-electron chi connectivity index (χ4n) is 3.21. The zero-order valence-corrected chi connectivity index (χ0v) is 13.9. The van der Waals surface area contributed by atoms with E-state index >= 15 is 0 Å². The van der Waals surface area contributed by atoms with Crippen LogP contribution in [0.4, 0.5) is 0 Å². The number of aromatic nitrogens is 2. The molecule has 4 heterocycles. The van der Waals surface area contributed by atoms with E-state index in [1.807, 2.05) is 18.2 Å². The normalized spacial score (nSPS) is 29.9. The Morgan fingerprint density at radius 1 is 1.29 bits per heavy atom. The molecule has 1 fully saturated rings. The highest BCUT2D eigenvalue weighted by atomic mass is 32.3. The molecule has 0 aromatic carbocycles. The smallest absolute Gasteiger partial charge is 0.272 e. The highest BCUT2D eigenvalue weighted by molar-refractivity contribution is 7.95. The fraction of sp³-hybridized carbons (Fsp3) is 0.375. The van der Waals surface area contributed by atoms with Gasteiger partial charge in [-0.25, -0.2) is 4.98 Å². The first-order chi connectivity index (χ1) is 11.6. The third kappa shape index (κ3) is 2.93. The van der Waals surface area contributed by atoms with Crippen molar-refractivity contribution in [3.8, 4) is 5.88 Å². The molecule has 4 rings (SSSR count). The van der Waals surface area contributed by atoms with Crippen LogP contribution in [0.15, 0.2) is 47.6 Å². The summed E-state index contributed by atoms with van der Waals surface area (Å²) < 4.78 is 33.5. The van der Waals surface area contributed by atoms with Gasteiger partial charge in [0.15, 0.2) is 10.4 Å². The third-order valence-electron chi connectivity index (χ3n) is 4.43. The van der Waals surface area contributed by atoms with Crippen LogP contribution in [0.2, 0.25) is 0 Å². The van der Waals surface area contributed by atoms with E-state index < -0.39 is 16.0 Å². The second-order valence-corrected chi connectivity index (χ2v) is 7.93. The van der Waals surface area contributed by atoms with Crippen LogP contribution in [0, 0.1) is 0 Å². The van der Waals surface area contributed by atoms with Crippen LogP contribution in [0.1, 0.15) is 12.1 Å². The summed E-state index contributed by atoms with van der Waals surface area (Å²) in [5, 5.41) is 0. The van der Waals surface area contributed by atoms with Gasteiger partial charge < -0.3 is 9.29 Å². The highest BCUT2D eigenvalue weighted by Gasteiger charge is 2.46. The van der Waals surface area contributed by atoms with Crippen LogP contribution in [0.3, 0.4) is 0 Å². The third-order valence-corrected chi connectivity index (χ3v) is 5.84. The quantitative estimate of drug-likeness (QED) is 0.816. The molecular weight excluding hydrogens is 328 g/mol. The lowest BCUT2D eigenvalue weighted by Gasteiger charge is -2.27. The molecule has 2 atom stereocenters. The first-order valence-electron chi connectivity index (χ1n) is 7.82. The number of hydrogen-bond acceptors (Lipinski definition) is 6. The van der Waals surface area contributed by atoms with Gasteiger partial charge in [0.05, 0.1) is 12.2 Å². The number of hydrogen-bond donors (Lipinski definition) is 1. The highest BCUT2D eigenvalue weighted by Crippen LogP contribution is 2.35. The molecule has 2 aliphatic rings. The van der Waals surface area contributed by atoms with Crippen LogP contribution < -0.4 is 9.46 Å². The van der Waals surface area contributed by atoms with E-state index in [0.717, 1.165) is 18.7 Å². The zero-order valence-electron chi connectivity index (χ0n) is 13.1. The van der Waals surface area contributed by atoms with Crippen LogP contribution >= 0.6 is 0 Å². The van der Waals surface area contributed by atoms with Crippen molar-refractivity contribution < 1.29 is 13.5 Å². The van der Waals surface area contributed by atoms with Gasteiger partial charge in [-0.05, 0) is 18.2 Å². The SMILES string of the molecule is O=[S+]1([O-])NCC2(CCN(Cc3ccccn3)C2)Oc2ncccc21.